The summed E-state index contributed by atoms with van der Waals surface area (Å²) < 4.78 is 0. The Balaban J connectivity index is 1.49. The van der Waals surface area contributed by atoms with E-state index in [-0.39, 0.29) is 0 Å². The third-order valence-corrected chi connectivity index (χ3v) is 3.80. The van der Waals surface area contributed by atoms with E-state index < -0.39 is 0 Å². The zero-order valence-corrected chi connectivity index (χ0v) is 10.2. The second-order valence-corrected chi connectivity index (χ2v) is 5.15. The Hall–Kier alpha value is -0.380. The first-order valence-corrected chi connectivity index (χ1v) is 6.73. The zero-order chi connectivity index (χ0) is 10.5. The lowest BCUT2D eigenvalue weighted by molar-refractivity contribution is 0.589. The molecular formula is C12H20N2S. The molecule has 2 rings (SSSR count). The summed E-state index contributed by atoms with van der Waals surface area (Å²) in [5, 5.41) is 11.4. The highest BCUT2D eigenvalue weighted by Crippen LogP contribution is 2.27. The Morgan fingerprint density at radius 1 is 1.27 bits per heavy atom. The van der Waals surface area contributed by atoms with Gasteiger partial charge in [0, 0.05) is 19.6 Å². The molecule has 0 radical (unpaired) electrons. The number of rotatable bonds is 7. The second-order valence-electron chi connectivity index (χ2n) is 4.40. The Morgan fingerprint density at radius 3 is 2.73 bits per heavy atom. The molecule has 2 nitrogen and oxygen atoms in total. The number of nitrogens with one attached hydrogen (secondary N) is 2. The van der Waals surface area contributed by atoms with Gasteiger partial charge in [0.1, 0.15) is 0 Å². The minimum Gasteiger partial charge on any atom is -0.315 e. The van der Waals surface area contributed by atoms with E-state index in [0.29, 0.717) is 0 Å². The van der Waals surface area contributed by atoms with Crippen LogP contribution in [0, 0.1) is 12.8 Å². The summed E-state index contributed by atoms with van der Waals surface area (Å²) in [7, 11) is 0. The van der Waals surface area contributed by atoms with Gasteiger partial charge in [-0.1, -0.05) is 0 Å². The highest BCUT2D eigenvalue weighted by molar-refractivity contribution is 7.08. The summed E-state index contributed by atoms with van der Waals surface area (Å²) in [6.07, 6.45) is 2.88. The Morgan fingerprint density at radius 2 is 2.07 bits per heavy atom. The summed E-state index contributed by atoms with van der Waals surface area (Å²) in [5.41, 5.74) is 2.86. The molecule has 1 aromatic heterocycles. The summed E-state index contributed by atoms with van der Waals surface area (Å²) in [5.74, 6) is 0.990. The molecular weight excluding hydrogens is 204 g/mol. The van der Waals surface area contributed by atoms with Crippen molar-refractivity contribution in [3.63, 3.8) is 0 Å². The fraction of sp³-hybridized carbons (Fsp3) is 0.667. The lowest BCUT2D eigenvalue weighted by Crippen LogP contribution is -2.28. The molecule has 0 bridgehead atoms. The largest absolute Gasteiger partial charge is 0.315 e. The van der Waals surface area contributed by atoms with Crippen LogP contribution in [0.25, 0.3) is 0 Å². The first kappa shape index (κ1) is 11.1. The van der Waals surface area contributed by atoms with Crippen molar-refractivity contribution in [1.29, 1.82) is 0 Å². The number of hydrogen-bond donors (Lipinski definition) is 2. The smallest absolute Gasteiger partial charge is 0.0216 e. The van der Waals surface area contributed by atoms with Crippen LogP contribution in [0.2, 0.25) is 0 Å². The summed E-state index contributed by atoms with van der Waals surface area (Å²) in [6, 6.07) is 0. The lowest BCUT2D eigenvalue weighted by atomic mass is 10.2. The Bertz CT molecular complexity index is 292. The molecule has 0 aromatic carbocycles. The van der Waals surface area contributed by atoms with E-state index in [1.807, 2.05) is 0 Å². The molecule has 3 heteroatoms. The fourth-order valence-corrected chi connectivity index (χ4v) is 2.45. The molecule has 1 aliphatic carbocycles. The molecule has 1 saturated carbocycles. The van der Waals surface area contributed by atoms with E-state index in [0.717, 1.165) is 25.6 Å². The topological polar surface area (TPSA) is 24.1 Å². The molecule has 0 spiro atoms. The average Bonchev–Trinajstić information content (AvgIpc) is 2.96. The van der Waals surface area contributed by atoms with Crippen molar-refractivity contribution in [2.75, 3.05) is 19.6 Å². The molecule has 0 amide bonds. The van der Waals surface area contributed by atoms with Crippen LogP contribution in [0.1, 0.15) is 24.0 Å². The zero-order valence-electron chi connectivity index (χ0n) is 9.38. The average molecular weight is 224 g/mol. The van der Waals surface area contributed by atoms with Gasteiger partial charge in [0.05, 0.1) is 0 Å². The van der Waals surface area contributed by atoms with Crippen LogP contribution < -0.4 is 10.6 Å². The number of aryl methyl sites for hydroxylation is 1. The highest BCUT2D eigenvalue weighted by atomic mass is 32.1. The quantitative estimate of drug-likeness (QED) is 0.693. The van der Waals surface area contributed by atoms with Crippen molar-refractivity contribution in [3.8, 4) is 0 Å². The molecule has 84 valence electrons. The van der Waals surface area contributed by atoms with Gasteiger partial charge in [0.2, 0.25) is 0 Å². The molecule has 1 aliphatic rings. The van der Waals surface area contributed by atoms with Crippen molar-refractivity contribution in [2.24, 2.45) is 5.92 Å². The summed E-state index contributed by atoms with van der Waals surface area (Å²) in [4.78, 5) is 0. The molecule has 0 saturated heterocycles. The van der Waals surface area contributed by atoms with Gasteiger partial charge in [-0.15, -0.1) is 0 Å². The molecule has 1 aromatic rings. The van der Waals surface area contributed by atoms with Crippen LogP contribution in [0.15, 0.2) is 10.8 Å². The Labute approximate surface area is 96.1 Å². The van der Waals surface area contributed by atoms with Gasteiger partial charge < -0.3 is 10.6 Å². The highest BCUT2D eigenvalue weighted by Gasteiger charge is 2.19. The second kappa shape index (κ2) is 5.64. The van der Waals surface area contributed by atoms with Crippen LogP contribution in [0.4, 0.5) is 0 Å². The lowest BCUT2D eigenvalue weighted by Gasteiger charge is -2.05. The maximum absolute atomic E-state index is 3.48. The maximum Gasteiger partial charge on any atom is 0.0216 e. The molecule has 0 aliphatic heterocycles. The van der Waals surface area contributed by atoms with E-state index in [1.54, 1.807) is 11.3 Å². The first-order chi connectivity index (χ1) is 7.36. The van der Waals surface area contributed by atoms with Crippen LogP contribution in [0.3, 0.4) is 0 Å². The van der Waals surface area contributed by atoms with Gasteiger partial charge in [-0.3, -0.25) is 0 Å². The predicted molar refractivity (Wildman–Crippen MR) is 66.4 cm³/mol. The van der Waals surface area contributed by atoms with E-state index >= 15 is 0 Å². The van der Waals surface area contributed by atoms with E-state index in [9.17, 15) is 0 Å². The van der Waals surface area contributed by atoms with Crippen molar-refractivity contribution >= 4 is 11.3 Å². The third kappa shape index (κ3) is 3.93. The van der Waals surface area contributed by atoms with Crippen LogP contribution in [0.5, 0.6) is 0 Å². The molecule has 1 fully saturated rings. The van der Waals surface area contributed by atoms with Gasteiger partial charge >= 0.3 is 0 Å². The first-order valence-electron chi connectivity index (χ1n) is 5.79. The maximum atomic E-state index is 3.48. The molecule has 0 unspecified atom stereocenters. The van der Waals surface area contributed by atoms with Gasteiger partial charge in [0.25, 0.3) is 0 Å². The summed E-state index contributed by atoms with van der Waals surface area (Å²) >= 11 is 1.79. The normalized spacial score (nSPS) is 15.8. The number of thiophene rings is 1. The monoisotopic (exact) mass is 224 g/mol. The fourth-order valence-electron chi connectivity index (χ4n) is 1.60. The Kier molecular flexibility index (Phi) is 4.18. The van der Waals surface area contributed by atoms with Crippen LogP contribution >= 0.6 is 11.3 Å². The molecule has 1 heterocycles. The minimum atomic E-state index is 0.990. The van der Waals surface area contributed by atoms with E-state index in [2.05, 4.69) is 28.3 Å². The van der Waals surface area contributed by atoms with Gasteiger partial charge in [-0.2, -0.15) is 11.3 Å². The van der Waals surface area contributed by atoms with E-state index in [1.165, 1.54) is 30.5 Å². The minimum absolute atomic E-state index is 0.990. The summed E-state index contributed by atoms with van der Waals surface area (Å²) in [6.45, 7) is 6.58. The van der Waals surface area contributed by atoms with Crippen molar-refractivity contribution in [2.45, 2.75) is 26.3 Å². The molecule has 2 N–H and O–H groups in total. The predicted octanol–water partition coefficient (Wildman–Crippen LogP) is 2.15. The van der Waals surface area contributed by atoms with E-state index in [4.69, 9.17) is 0 Å². The molecule has 0 atom stereocenters. The standard InChI is InChI=1S/C12H20N2S/c1-10-8-15-9-12(10)7-14-5-4-13-6-11-2-3-11/h8-9,11,13-14H,2-7H2,1H3. The van der Waals surface area contributed by atoms with Crippen molar-refractivity contribution in [1.82, 2.24) is 10.6 Å². The van der Waals surface area contributed by atoms with Crippen molar-refractivity contribution in [3.05, 3.63) is 21.9 Å². The van der Waals surface area contributed by atoms with Crippen molar-refractivity contribution < 1.29 is 0 Å². The van der Waals surface area contributed by atoms with Gasteiger partial charge in [-0.25, -0.2) is 0 Å². The third-order valence-electron chi connectivity index (χ3n) is 2.89. The van der Waals surface area contributed by atoms with Crippen LogP contribution in [-0.4, -0.2) is 19.6 Å². The van der Waals surface area contributed by atoms with Crippen LogP contribution in [-0.2, 0) is 6.54 Å². The number of hydrogen-bond acceptors (Lipinski definition) is 3. The van der Waals surface area contributed by atoms with Gasteiger partial charge in [0.15, 0.2) is 0 Å². The SMILES string of the molecule is Cc1cscc1CNCCNCC1CC1. The van der Waals surface area contributed by atoms with Gasteiger partial charge in [-0.05, 0) is 54.1 Å². The molecule has 15 heavy (non-hydrogen) atoms.